The van der Waals surface area contributed by atoms with Crippen LogP contribution in [0.1, 0.15) is 44.5 Å². The fourth-order valence-electron chi connectivity index (χ4n) is 7.28. The first-order valence-electron chi connectivity index (χ1n) is 17.2. The third-order valence-electron chi connectivity index (χ3n) is 9.69. The molecule has 1 aliphatic carbocycles. The van der Waals surface area contributed by atoms with Gasteiger partial charge in [0.25, 0.3) is 0 Å². The van der Waals surface area contributed by atoms with Gasteiger partial charge in [0, 0.05) is 22.3 Å². The van der Waals surface area contributed by atoms with Gasteiger partial charge < -0.3 is 8.37 Å². The van der Waals surface area contributed by atoms with Crippen LogP contribution in [-0.4, -0.2) is 16.8 Å². The van der Waals surface area contributed by atoms with Crippen LogP contribution in [0.4, 0.5) is 0 Å². The molecule has 6 aromatic carbocycles. The molecule has 7 rings (SSSR count). The normalized spacial score (nSPS) is 13.1. The molecule has 53 heavy (non-hydrogen) atoms. The van der Waals surface area contributed by atoms with Crippen molar-refractivity contribution in [2.75, 3.05) is 0 Å². The summed E-state index contributed by atoms with van der Waals surface area (Å²) >= 11 is 0. The Morgan fingerprint density at radius 2 is 0.849 bits per heavy atom. The van der Waals surface area contributed by atoms with Gasteiger partial charge in [-0.3, -0.25) is 0 Å². The summed E-state index contributed by atoms with van der Waals surface area (Å²) < 4.78 is 69.3. The fourth-order valence-corrected chi connectivity index (χ4v) is 9.24. The molecule has 6 nitrogen and oxygen atoms in total. The largest absolute Gasteiger partial charge is 0.378 e. The van der Waals surface area contributed by atoms with Crippen molar-refractivity contribution >= 4 is 20.2 Å². The van der Waals surface area contributed by atoms with Gasteiger partial charge in [0.1, 0.15) is 9.79 Å². The smallest absolute Gasteiger partial charge is 0.339 e. The third kappa shape index (κ3) is 6.28. The van der Waals surface area contributed by atoms with Crippen molar-refractivity contribution in [2.45, 2.75) is 41.9 Å². The Labute approximate surface area is 312 Å². The topological polar surface area (TPSA) is 86.7 Å². The van der Waals surface area contributed by atoms with E-state index in [4.69, 9.17) is 8.37 Å². The minimum Gasteiger partial charge on any atom is -0.378 e. The molecule has 0 N–H and O–H groups in total. The van der Waals surface area contributed by atoms with Crippen LogP contribution < -0.4 is 8.37 Å². The SMILES string of the molecule is C=CCc1cccc(C2(c3cccc(CC=C)c3OS(=O)(=O)c3ccc(C)cc3)c3ccccc3-c3ccccc32)c1OS(=O)(=O)c1ccc(C)cc1. The molecular weight excluding hydrogens is 701 g/mol. The van der Waals surface area contributed by atoms with Crippen LogP contribution in [0.2, 0.25) is 0 Å². The van der Waals surface area contributed by atoms with Crippen molar-refractivity contribution in [3.63, 3.8) is 0 Å². The molecule has 266 valence electrons. The standard InChI is InChI=1S/C45H38O6S2/c1-5-13-33-15-11-21-41(43(33)50-52(46,47)35-27-23-31(3)24-28-35)45(39-19-9-7-17-37(39)38-18-8-10-20-40(38)45)42-22-12-16-34(14-6-2)44(42)51-53(48,49)36-29-25-32(4)26-30-36/h5-12,15-30H,1-2,13-14H2,3-4H3. The number of allylic oxidation sites excluding steroid dienone is 2. The predicted molar refractivity (Wildman–Crippen MR) is 210 cm³/mol. The molecule has 0 saturated carbocycles. The van der Waals surface area contributed by atoms with Gasteiger partial charge in [0.15, 0.2) is 11.5 Å². The molecule has 0 aliphatic heterocycles. The van der Waals surface area contributed by atoms with Crippen LogP contribution in [0.15, 0.2) is 169 Å². The monoisotopic (exact) mass is 738 g/mol. The molecule has 0 bridgehead atoms. The molecule has 8 heteroatoms. The van der Waals surface area contributed by atoms with E-state index >= 15 is 0 Å². The number of rotatable bonds is 12. The molecule has 1 aliphatic rings. The lowest BCUT2D eigenvalue weighted by Crippen LogP contribution is -2.31. The van der Waals surface area contributed by atoms with E-state index in [0.717, 1.165) is 33.4 Å². The second kappa shape index (κ2) is 14.0. The average Bonchev–Trinajstić information content (AvgIpc) is 3.44. The minimum atomic E-state index is -4.36. The van der Waals surface area contributed by atoms with Crippen LogP contribution in [0.25, 0.3) is 11.1 Å². The molecule has 6 aromatic rings. The van der Waals surface area contributed by atoms with E-state index in [2.05, 4.69) is 13.2 Å². The van der Waals surface area contributed by atoms with Crippen molar-refractivity contribution < 1.29 is 25.2 Å². The summed E-state index contributed by atoms with van der Waals surface area (Å²) in [5.41, 5.74) is 6.10. The van der Waals surface area contributed by atoms with Gasteiger partial charge in [-0.15, -0.1) is 13.2 Å². The van der Waals surface area contributed by atoms with Gasteiger partial charge >= 0.3 is 20.2 Å². The van der Waals surface area contributed by atoms with Crippen molar-refractivity contribution in [1.82, 2.24) is 0 Å². The van der Waals surface area contributed by atoms with Gasteiger partial charge in [-0.2, -0.15) is 16.8 Å². The maximum absolute atomic E-state index is 14.2. The molecule has 0 atom stereocenters. The highest BCUT2D eigenvalue weighted by Gasteiger charge is 2.50. The number of para-hydroxylation sites is 2. The maximum Gasteiger partial charge on any atom is 0.339 e. The van der Waals surface area contributed by atoms with Crippen molar-refractivity contribution in [1.29, 1.82) is 0 Å². The van der Waals surface area contributed by atoms with Crippen molar-refractivity contribution in [2.24, 2.45) is 0 Å². The molecule has 0 unspecified atom stereocenters. The number of benzene rings is 6. The maximum atomic E-state index is 14.2. The van der Waals surface area contributed by atoms with Gasteiger partial charge in [0.05, 0.1) is 5.41 Å². The van der Waals surface area contributed by atoms with E-state index < -0.39 is 25.7 Å². The van der Waals surface area contributed by atoms with E-state index in [0.29, 0.717) is 35.1 Å². The second-order valence-corrected chi connectivity index (χ2v) is 16.2. The quantitative estimate of drug-likeness (QED) is 0.0917. The lowest BCUT2D eigenvalue weighted by Gasteiger charge is -2.36. The summed E-state index contributed by atoms with van der Waals surface area (Å²) in [5, 5.41) is 0. The van der Waals surface area contributed by atoms with E-state index in [1.807, 2.05) is 98.8 Å². The Morgan fingerprint density at radius 3 is 1.23 bits per heavy atom. The Morgan fingerprint density at radius 1 is 0.491 bits per heavy atom. The molecule has 0 fully saturated rings. The number of hydrogen-bond donors (Lipinski definition) is 0. The van der Waals surface area contributed by atoms with E-state index in [1.165, 1.54) is 24.3 Å². The minimum absolute atomic E-state index is 0.00456. The molecule has 0 heterocycles. The lowest BCUT2D eigenvalue weighted by molar-refractivity contribution is 0.470. The molecule has 0 spiro atoms. The van der Waals surface area contributed by atoms with E-state index in [9.17, 15) is 16.8 Å². The Kier molecular flexibility index (Phi) is 9.45. The number of aryl methyl sites for hydroxylation is 2. The van der Waals surface area contributed by atoms with Gasteiger partial charge in [-0.05, 0) is 73.2 Å². The molecule has 0 radical (unpaired) electrons. The molecular formula is C45H38O6S2. The van der Waals surface area contributed by atoms with Crippen molar-refractivity contribution in [3.05, 3.63) is 203 Å². The molecule has 0 aromatic heterocycles. The number of fused-ring (bicyclic) bond motifs is 3. The summed E-state index contributed by atoms with van der Waals surface area (Å²) in [6.07, 6.45) is 3.99. The summed E-state index contributed by atoms with van der Waals surface area (Å²) in [6.45, 7) is 11.7. The summed E-state index contributed by atoms with van der Waals surface area (Å²) in [6, 6.07) is 39.8. The first kappa shape index (κ1) is 35.7. The zero-order valence-electron chi connectivity index (χ0n) is 29.5. The zero-order valence-corrected chi connectivity index (χ0v) is 31.1. The first-order valence-corrected chi connectivity index (χ1v) is 20.0. The zero-order chi connectivity index (χ0) is 37.4. The lowest BCUT2D eigenvalue weighted by atomic mass is 9.66. The highest BCUT2D eigenvalue weighted by atomic mass is 32.2. The first-order chi connectivity index (χ1) is 25.5. The summed E-state index contributed by atoms with van der Waals surface area (Å²) in [7, 11) is -8.71. The van der Waals surface area contributed by atoms with Crippen LogP contribution in [-0.2, 0) is 38.5 Å². The van der Waals surface area contributed by atoms with E-state index in [1.54, 1.807) is 36.4 Å². The van der Waals surface area contributed by atoms with Gasteiger partial charge in [-0.1, -0.05) is 132 Å². The third-order valence-corrected chi connectivity index (χ3v) is 12.2. The predicted octanol–water partition coefficient (Wildman–Crippen LogP) is 9.66. The summed E-state index contributed by atoms with van der Waals surface area (Å²) in [4.78, 5) is 0.00912. The van der Waals surface area contributed by atoms with Crippen LogP contribution >= 0.6 is 0 Å². The fraction of sp³-hybridized carbons (Fsp3) is 0.111. The van der Waals surface area contributed by atoms with Crippen LogP contribution in [0.5, 0.6) is 11.5 Å². The van der Waals surface area contributed by atoms with Gasteiger partial charge in [-0.25, -0.2) is 0 Å². The highest BCUT2D eigenvalue weighted by molar-refractivity contribution is 7.87. The van der Waals surface area contributed by atoms with Crippen molar-refractivity contribution in [3.8, 4) is 22.6 Å². The Hall–Kier alpha value is -5.70. The highest BCUT2D eigenvalue weighted by Crippen LogP contribution is 2.60. The Balaban J connectivity index is 1.60. The summed E-state index contributed by atoms with van der Waals surface area (Å²) in [5.74, 6) is 0.252. The second-order valence-electron chi connectivity index (χ2n) is 13.1. The Bertz CT molecular complexity index is 2410. The molecule has 0 amide bonds. The average molecular weight is 739 g/mol. The van der Waals surface area contributed by atoms with E-state index in [-0.39, 0.29) is 21.3 Å². The van der Waals surface area contributed by atoms with Crippen LogP contribution in [0, 0.1) is 13.8 Å². The number of hydrogen-bond acceptors (Lipinski definition) is 6. The molecule has 0 saturated heterocycles. The van der Waals surface area contributed by atoms with Crippen LogP contribution in [0.3, 0.4) is 0 Å². The van der Waals surface area contributed by atoms with Gasteiger partial charge in [0.2, 0.25) is 0 Å².